The monoisotopic (exact) mass is 374 g/mol. The van der Waals surface area contributed by atoms with E-state index in [0.29, 0.717) is 11.2 Å². The molecule has 6 heteroatoms. The second kappa shape index (κ2) is 9.31. The lowest BCUT2D eigenvalue weighted by Crippen LogP contribution is -2.52. The van der Waals surface area contributed by atoms with E-state index in [9.17, 15) is 5.11 Å². The maximum atomic E-state index is 10.1. The Kier molecular flexibility index (Phi) is 6.83. The summed E-state index contributed by atoms with van der Waals surface area (Å²) in [4.78, 5) is 9.57. The average molecular weight is 375 g/mol. The molecule has 2 fully saturated rings. The van der Waals surface area contributed by atoms with E-state index in [1.54, 1.807) is 6.07 Å². The molecule has 1 saturated heterocycles. The third kappa shape index (κ3) is 5.28. The van der Waals surface area contributed by atoms with E-state index in [1.165, 1.54) is 12.8 Å². The van der Waals surface area contributed by atoms with E-state index in [1.807, 2.05) is 18.2 Å². The number of phenols is 1. The predicted molar refractivity (Wildman–Crippen MR) is 111 cm³/mol. The molecule has 2 N–H and O–H groups in total. The average Bonchev–Trinajstić information content (AvgIpc) is 3.46. The number of benzene rings is 1. The smallest absolute Gasteiger partial charge is 0.194 e. The lowest BCUT2D eigenvalue weighted by Gasteiger charge is -2.38. The van der Waals surface area contributed by atoms with Crippen molar-refractivity contribution in [2.45, 2.75) is 33.1 Å². The number of para-hydroxylation sites is 2. The molecule has 1 heterocycles. The number of rotatable bonds is 8. The highest BCUT2D eigenvalue weighted by molar-refractivity contribution is 5.80. The molecule has 27 heavy (non-hydrogen) atoms. The molecule has 2 aliphatic rings. The van der Waals surface area contributed by atoms with Gasteiger partial charge >= 0.3 is 0 Å². The van der Waals surface area contributed by atoms with Crippen LogP contribution in [-0.2, 0) is 4.74 Å². The molecule has 0 radical (unpaired) electrons. The summed E-state index contributed by atoms with van der Waals surface area (Å²) < 4.78 is 5.54. The van der Waals surface area contributed by atoms with Crippen LogP contribution in [0.25, 0.3) is 0 Å². The molecular formula is C21H34N4O2. The zero-order valence-corrected chi connectivity index (χ0v) is 16.8. The van der Waals surface area contributed by atoms with Crippen LogP contribution in [0.2, 0.25) is 0 Å². The van der Waals surface area contributed by atoms with Gasteiger partial charge < -0.3 is 25.0 Å². The number of piperazine rings is 1. The van der Waals surface area contributed by atoms with Crippen molar-refractivity contribution in [2.24, 2.45) is 10.4 Å². The first-order valence-electron chi connectivity index (χ1n) is 10.3. The molecule has 150 valence electrons. The Hall–Kier alpha value is -1.95. The van der Waals surface area contributed by atoms with Crippen molar-refractivity contribution < 1.29 is 9.84 Å². The van der Waals surface area contributed by atoms with Crippen LogP contribution >= 0.6 is 0 Å². The molecule has 1 aliphatic heterocycles. The molecule has 1 aliphatic carbocycles. The molecule has 3 rings (SSSR count). The molecular weight excluding hydrogens is 340 g/mol. The third-order valence-corrected chi connectivity index (χ3v) is 5.64. The van der Waals surface area contributed by atoms with Crippen LogP contribution in [0.4, 0.5) is 5.69 Å². The summed E-state index contributed by atoms with van der Waals surface area (Å²) in [5.74, 6) is 1.38. The summed E-state index contributed by atoms with van der Waals surface area (Å²) in [6.45, 7) is 11.2. The van der Waals surface area contributed by atoms with Gasteiger partial charge in [0, 0.05) is 52.5 Å². The molecule has 0 bridgehead atoms. The Morgan fingerprint density at radius 1 is 1.19 bits per heavy atom. The Bertz CT molecular complexity index is 622. The minimum atomic E-state index is 0.358. The van der Waals surface area contributed by atoms with Crippen LogP contribution in [0, 0.1) is 5.41 Å². The Balaban J connectivity index is 1.56. The summed E-state index contributed by atoms with van der Waals surface area (Å²) >= 11 is 0. The number of guanidine groups is 1. The first-order valence-corrected chi connectivity index (χ1v) is 10.3. The standard InChI is InChI=1S/C21H34N4O2/c1-3-22-20(23-17-21(9-10-21)11-16-27-4-2)25-14-12-24(13-15-25)18-7-5-6-8-19(18)26/h5-8,26H,3-4,9-17H2,1-2H3,(H,22,23). The number of nitrogens with one attached hydrogen (secondary N) is 1. The quantitative estimate of drug-likeness (QED) is 0.416. The SMILES string of the molecule is CCNC(=NCC1(CCOCC)CC1)N1CCN(c2ccccc2O)CC1. The van der Waals surface area contributed by atoms with Crippen LogP contribution in [0.15, 0.2) is 29.3 Å². The predicted octanol–water partition coefficient (Wildman–Crippen LogP) is 2.69. The van der Waals surface area contributed by atoms with Gasteiger partial charge in [-0.15, -0.1) is 0 Å². The van der Waals surface area contributed by atoms with E-state index in [2.05, 4.69) is 29.0 Å². The highest BCUT2D eigenvalue weighted by Gasteiger charge is 2.42. The zero-order chi connectivity index (χ0) is 19.1. The van der Waals surface area contributed by atoms with Gasteiger partial charge in [-0.2, -0.15) is 0 Å². The van der Waals surface area contributed by atoms with Gasteiger partial charge in [0.25, 0.3) is 0 Å². The van der Waals surface area contributed by atoms with Gasteiger partial charge in [-0.1, -0.05) is 12.1 Å². The van der Waals surface area contributed by atoms with Crippen molar-refractivity contribution in [3.63, 3.8) is 0 Å². The first kappa shape index (κ1) is 19.8. The molecule has 1 aromatic carbocycles. The number of aromatic hydroxyl groups is 1. The lowest BCUT2D eigenvalue weighted by molar-refractivity contribution is 0.129. The van der Waals surface area contributed by atoms with Gasteiger partial charge in [-0.25, -0.2) is 0 Å². The molecule has 0 spiro atoms. The van der Waals surface area contributed by atoms with Gasteiger partial charge in [0.1, 0.15) is 5.75 Å². The third-order valence-electron chi connectivity index (χ3n) is 5.64. The maximum absolute atomic E-state index is 10.1. The number of hydrogen-bond acceptors (Lipinski definition) is 4. The summed E-state index contributed by atoms with van der Waals surface area (Å²) in [7, 11) is 0. The summed E-state index contributed by atoms with van der Waals surface area (Å²) in [6, 6.07) is 7.58. The van der Waals surface area contributed by atoms with E-state index < -0.39 is 0 Å². The minimum Gasteiger partial charge on any atom is -0.506 e. The molecule has 1 saturated carbocycles. The summed E-state index contributed by atoms with van der Waals surface area (Å²) in [6.07, 6.45) is 3.65. The van der Waals surface area contributed by atoms with Gasteiger partial charge in [0.2, 0.25) is 0 Å². The fourth-order valence-electron chi connectivity index (χ4n) is 3.66. The van der Waals surface area contributed by atoms with Crippen molar-refractivity contribution in [3.8, 4) is 5.75 Å². The Morgan fingerprint density at radius 2 is 1.93 bits per heavy atom. The second-order valence-electron chi connectivity index (χ2n) is 7.58. The van der Waals surface area contributed by atoms with Crippen LogP contribution < -0.4 is 10.2 Å². The van der Waals surface area contributed by atoms with Crippen molar-refractivity contribution in [3.05, 3.63) is 24.3 Å². The minimum absolute atomic E-state index is 0.358. The Morgan fingerprint density at radius 3 is 2.56 bits per heavy atom. The van der Waals surface area contributed by atoms with E-state index in [0.717, 1.165) is 70.6 Å². The van der Waals surface area contributed by atoms with Crippen molar-refractivity contribution in [2.75, 3.05) is 57.4 Å². The van der Waals surface area contributed by atoms with Crippen LogP contribution in [0.5, 0.6) is 5.75 Å². The van der Waals surface area contributed by atoms with Crippen molar-refractivity contribution in [1.82, 2.24) is 10.2 Å². The highest BCUT2D eigenvalue weighted by Crippen LogP contribution is 2.49. The molecule has 0 atom stereocenters. The van der Waals surface area contributed by atoms with Gasteiger partial charge in [0.05, 0.1) is 5.69 Å². The molecule has 0 amide bonds. The first-order chi connectivity index (χ1) is 13.2. The summed E-state index contributed by atoms with van der Waals surface area (Å²) in [5.41, 5.74) is 1.29. The number of nitrogens with zero attached hydrogens (tertiary/aromatic N) is 3. The fourth-order valence-corrected chi connectivity index (χ4v) is 3.66. The molecule has 1 aromatic rings. The van der Waals surface area contributed by atoms with E-state index in [4.69, 9.17) is 9.73 Å². The number of anilines is 1. The number of phenolic OH excluding ortho intramolecular Hbond substituents is 1. The maximum Gasteiger partial charge on any atom is 0.194 e. The number of aliphatic imine (C=N–C) groups is 1. The largest absolute Gasteiger partial charge is 0.506 e. The van der Waals surface area contributed by atoms with Crippen LogP contribution in [0.3, 0.4) is 0 Å². The Labute approximate surface area is 163 Å². The van der Waals surface area contributed by atoms with Gasteiger partial charge in [0.15, 0.2) is 5.96 Å². The lowest BCUT2D eigenvalue weighted by atomic mass is 10.0. The normalized spacial score (nSPS) is 19.3. The fraction of sp³-hybridized carbons (Fsp3) is 0.667. The van der Waals surface area contributed by atoms with Gasteiger partial charge in [-0.05, 0) is 50.7 Å². The summed E-state index contributed by atoms with van der Waals surface area (Å²) in [5, 5.41) is 13.6. The van der Waals surface area contributed by atoms with Gasteiger partial charge in [-0.3, -0.25) is 4.99 Å². The zero-order valence-electron chi connectivity index (χ0n) is 16.8. The van der Waals surface area contributed by atoms with Crippen molar-refractivity contribution >= 4 is 11.6 Å². The highest BCUT2D eigenvalue weighted by atomic mass is 16.5. The number of hydrogen-bond donors (Lipinski definition) is 2. The van der Waals surface area contributed by atoms with Crippen LogP contribution in [0.1, 0.15) is 33.1 Å². The molecule has 0 unspecified atom stereocenters. The van der Waals surface area contributed by atoms with E-state index >= 15 is 0 Å². The molecule has 0 aromatic heterocycles. The van der Waals surface area contributed by atoms with E-state index in [-0.39, 0.29) is 0 Å². The topological polar surface area (TPSA) is 60.3 Å². The number of ether oxygens (including phenoxy) is 1. The molecule has 6 nitrogen and oxygen atoms in total. The van der Waals surface area contributed by atoms with Crippen molar-refractivity contribution in [1.29, 1.82) is 0 Å². The second-order valence-corrected chi connectivity index (χ2v) is 7.58. The van der Waals surface area contributed by atoms with Crippen LogP contribution in [-0.4, -0.2) is 68.4 Å².